The van der Waals surface area contributed by atoms with Gasteiger partial charge in [0.2, 0.25) is 10.0 Å². The van der Waals surface area contributed by atoms with E-state index in [0.29, 0.717) is 36.1 Å². The first-order chi connectivity index (χ1) is 23.0. The Bertz CT molecular complexity index is 1890. The first kappa shape index (κ1) is 34.8. The summed E-state index contributed by atoms with van der Waals surface area (Å²) in [5.41, 5.74) is 4.20. The number of rotatable bonds is 13. The van der Waals surface area contributed by atoms with Crippen molar-refractivity contribution in [1.29, 1.82) is 0 Å². The first-order valence-corrected chi connectivity index (χ1v) is 18.0. The molecule has 0 aliphatic carbocycles. The lowest BCUT2D eigenvalue weighted by Crippen LogP contribution is -2.30. The third-order valence-electron chi connectivity index (χ3n) is 8.17. The molecular weight excluding hydrogens is 651 g/mol. The standard InChI is InChI=1S/C34H39N7O5S2/c1-6-40(7-2)48(44,45)28-18-14-26(15-19-28)33(43)35-21-31-36-37-34(39(31)4)47-22-32(42)41-30(25-10-8-23(3)9-11-25)20-29(38-41)24-12-16-27(46-5)17-13-24/h8-19,30H,6-7,20-22H2,1-5H3,(H,35,43)/t30-/m1/s1. The van der Waals surface area contributed by atoms with Crippen LogP contribution in [0.15, 0.2) is 87.9 Å². The zero-order chi connectivity index (χ0) is 34.4. The van der Waals surface area contributed by atoms with Crippen LogP contribution in [0.5, 0.6) is 5.75 Å². The third kappa shape index (κ3) is 7.61. The van der Waals surface area contributed by atoms with Crippen molar-refractivity contribution in [3.05, 3.63) is 101 Å². The minimum atomic E-state index is -3.62. The molecule has 0 radical (unpaired) electrons. The zero-order valence-electron chi connectivity index (χ0n) is 27.6. The number of hydrogen-bond acceptors (Lipinski definition) is 9. The van der Waals surface area contributed by atoms with Gasteiger partial charge in [-0.3, -0.25) is 9.59 Å². The Hall–Kier alpha value is -4.53. The molecule has 1 aliphatic heterocycles. The van der Waals surface area contributed by atoms with Crippen molar-refractivity contribution >= 4 is 39.3 Å². The van der Waals surface area contributed by atoms with E-state index < -0.39 is 10.0 Å². The van der Waals surface area contributed by atoms with E-state index in [0.717, 1.165) is 28.2 Å². The number of hydrogen-bond donors (Lipinski definition) is 1. The molecule has 5 rings (SSSR count). The smallest absolute Gasteiger partial charge is 0.253 e. The van der Waals surface area contributed by atoms with E-state index in [2.05, 4.69) is 15.5 Å². The van der Waals surface area contributed by atoms with Gasteiger partial charge in [-0.2, -0.15) is 9.41 Å². The molecule has 0 bridgehead atoms. The Morgan fingerprint density at radius 3 is 2.27 bits per heavy atom. The van der Waals surface area contributed by atoms with Crippen LogP contribution in [0, 0.1) is 6.92 Å². The predicted molar refractivity (Wildman–Crippen MR) is 184 cm³/mol. The van der Waals surface area contributed by atoms with Crippen molar-refractivity contribution in [3.8, 4) is 5.75 Å². The summed E-state index contributed by atoms with van der Waals surface area (Å²) in [6.07, 6.45) is 0.577. The van der Waals surface area contributed by atoms with Crippen molar-refractivity contribution in [2.24, 2.45) is 12.1 Å². The number of thioether (sulfide) groups is 1. The van der Waals surface area contributed by atoms with E-state index in [-0.39, 0.29) is 35.0 Å². The van der Waals surface area contributed by atoms with Gasteiger partial charge in [-0.1, -0.05) is 55.4 Å². The maximum Gasteiger partial charge on any atom is 0.253 e. The molecule has 0 saturated heterocycles. The third-order valence-corrected chi connectivity index (χ3v) is 11.2. The van der Waals surface area contributed by atoms with E-state index in [1.807, 2.05) is 55.5 Å². The maximum atomic E-state index is 13.6. The Morgan fingerprint density at radius 2 is 1.65 bits per heavy atom. The van der Waals surface area contributed by atoms with Crippen molar-refractivity contribution in [2.45, 2.75) is 49.8 Å². The lowest BCUT2D eigenvalue weighted by Gasteiger charge is -2.22. The normalized spacial score (nSPS) is 14.7. The summed E-state index contributed by atoms with van der Waals surface area (Å²) >= 11 is 1.24. The summed E-state index contributed by atoms with van der Waals surface area (Å²) in [5, 5.41) is 18.1. The number of amides is 2. The molecule has 0 spiro atoms. The van der Waals surface area contributed by atoms with Gasteiger partial charge >= 0.3 is 0 Å². The molecular formula is C34H39N7O5S2. The average molecular weight is 690 g/mol. The lowest BCUT2D eigenvalue weighted by molar-refractivity contribution is -0.130. The van der Waals surface area contributed by atoms with Crippen molar-refractivity contribution in [3.63, 3.8) is 0 Å². The van der Waals surface area contributed by atoms with Gasteiger partial charge in [0.05, 0.1) is 36.1 Å². The Balaban J connectivity index is 1.22. The van der Waals surface area contributed by atoms with E-state index >= 15 is 0 Å². The summed E-state index contributed by atoms with van der Waals surface area (Å²) < 4.78 is 33.9. The fourth-order valence-corrected chi connectivity index (χ4v) is 7.56. The van der Waals surface area contributed by atoms with Crippen LogP contribution in [-0.2, 0) is 28.4 Å². The van der Waals surface area contributed by atoms with Crippen LogP contribution in [0.4, 0.5) is 0 Å². The number of carbonyl (C=O) groups is 2. The number of sulfonamides is 1. The molecule has 12 nitrogen and oxygen atoms in total. The van der Waals surface area contributed by atoms with Crippen molar-refractivity contribution in [2.75, 3.05) is 26.0 Å². The van der Waals surface area contributed by atoms with E-state index in [9.17, 15) is 18.0 Å². The number of nitrogens with zero attached hydrogens (tertiary/aromatic N) is 6. The van der Waals surface area contributed by atoms with Gasteiger partial charge in [-0.05, 0) is 66.6 Å². The van der Waals surface area contributed by atoms with Crippen molar-refractivity contribution in [1.82, 2.24) is 29.4 Å². The molecule has 4 aromatic rings. The van der Waals surface area contributed by atoms with E-state index in [1.165, 1.54) is 40.3 Å². The molecule has 2 amide bonds. The zero-order valence-corrected chi connectivity index (χ0v) is 29.2. The number of nitrogens with one attached hydrogen (secondary N) is 1. The lowest BCUT2D eigenvalue weighted by atomic mass is 9.97. The second kappa shape index (κ2) is 15.1. The fraction of sp³-hybridized carbons (Fsp3) is 0.324. The van der Waals surface area contributed by atoms with E-state index in [4.69, 9.17) is 9.84 Å². The van der Waals surface area contributed by atoms with Gasteiger partial charge in [-0.15, -0.1) is 10.2 Å². The number of aryl methyl sites for hydroxylation is 1. The van der Waals surface area contributed by atoms with Crippen LogP contribution in [-0.4, -0.2) is 76.0 Å². The SMILES string of the molecule is CCN(CC)S(=O)(=O)c1ccc(C(=O)NCc2nnc(SCC(=O)N3N=C(c4ccc(OC)cc4)C[C@@H]3c3ccc(C)cc3)n2C)cc1. The molecule has 1 atom stereocenters. The van der Waals surface area contributed by atoms with Gasteiger partial charge in [-0.25, -0.2) is 13.4 Å². The van der Waals surface area contributed by atoms with Crippen molar-refractivity contribution < 1.29 is 22.7 Å². The largest absolute Gasteiger partial charge is 0.497 e. The Kier molecular flexibility index (Phi) is 11.0. The molecule has 252 valence electrons. The molecule has 2 heterocycles. The van der Waals surface area contributed by atoms with Gasteiger partial charge in [0.25, 0.3) is 11.8 Å². The summed E-state index contributed by atoms with van der Waals surface area (Å²) in [4.78, 5) is 26.6. The van der Waals surface area contributed by atoms with Crippen LogP contribution in [0.2, 0.25) is 0 Å². The monoisotopic (exact) mass is 689 g/mol. The molecule has 1 aromatic heterocycles. The number of aromatic nitrogens is 3. The number of hydrazone groups is 1. The summed E-state index contributed by atoms with van der Waals surface area (Å²) in [6.45, 7) is 6.39. The summed E-state index contributed by atoms with van der Waals surface area (Å²) in [7, 11) is -0.226. The molecule has 1 N–H and O–H groups in total. The number of methoxy groups -OCH3 is 1. The first-order valence-electron chi connectivity index (χ1n) is 15.6. The fourth-order valence-electron chi connectivity index (χ4n) is 5.32. The molecule has 14 heteroatoms. The molecule has 0 fully saturated rings. The Labute approximate surface area is 285 Å². The quantitative estimate of drug-likeness (QED) is 0.202. The molecule has 48 heavy (non-hydrogen) atoms. The number of ether oxygens (including phenoxy) is 1. The minimum absolute atomic E-state index is 0.0861. The number of carbonyl (C=O) groups excluding carboxylic acids is 2. The highest BCUT2D eigenvalue weighted by Crippen LogP contribution is 2.34. The second-order valence-electron chi connectivity index (χ2n) is 11.2. The van der Waals surface area contributed by atoms with Gasteiger partial charge in [0.1, 0.15) is 5.75 Å². The molecule has 3 aromatic carbocycles. The van der Waals surface area contributed by atoms with Gasteiger partial charge in [0, 0.05) is 32.1 Å². The summed E-state index contributed by atoms with van der Waals surface area (Å²) in [6, 6.07) is 21.4. The van der Waals surface area contributed by atoms with E-state index in [1.54, 1.807) is 37.6 Å². The van der Waals surface area contributed by atoms with Crippen LogP contribution >= 0.6 is 11.8 Å². The maximum absolute atomic E-state index is 13.6. The van der Waals surface area contributed by atoms with Crippen LogP contribution in [0.3, 0.4) is 0 Å². The highest BCUT2D eigenvalue weighted by molar-refractivity contribution is 7.99. The average Bonchev–Trinajstić information content (AvgIpc) is 3.70. The minimum Gasteiger partial charge on any atom is -0.497 e. The molecule has 0 unspecified atom stereocenters. The Morgan fingerprint density at radius 1 is 0.979 bits per heavy atom. The molecule has 0 saturated carbocycles. The second-order valence-corrected chi connectivity index (χ2v) is 14.1. The van der Waals surface area contributed by atoms with Crippen LogP contribution in [0.25, 0.3) is 0 Å². The van der Waals surface area contributed by atoms with Crippen LogP contribution < -0.4 is 10.1 Å². The molecule has 1 aliphatic rings. The summed E-state index contributed by atoms with van der Waals surface area (Å²) in [5.74, 6) is 0.784. The van der Waals surface area contributed by atoms with Gasteiger partial charge < -0.3 is 14.6 Å². The predicted octanol–water partition coefficient (Wildman–Crippen LogP) is 4.56. The number of benzene rings is 3. The van der Waals surface area contributed by atoms with Gasteiger partial charge in [0.15, 0.2) is 11.0 Å². The van der Waals surface area contributed by atoms with Crippen LogP contribution in [0.1, 0.15) is 59.2 Å². The highest BCUT2D eigenvalue weighted by atomic mass is 32.2. The topological polar surface area (TPSA) is 139 Å². The highest BCUT2D eigenvalue weighted by Gasteiger charge is 2.33.